The van der Waals surface area contributed by atoms with Crippen molar-refractivity contribution in [3.8, 4) is 11.9 Å². The number of aromatic nitrogens is 2. The van der Waals surface area contributed by atoms with E-state index >= 15 is 0 Å². The molecule has 0 saturated carbocycles. The zero-order valence-corrected chi connectivity index (χ0v) is 25.4. The van der Waals surface area contributed by atoms with Crippen LogP contribution < -0.4 is 20.3 Å². The van der Waals surface area contributed by atoms with Crippen LogP contribution in [0.1, 0.15) is 52.9 Å². The van der Waals surface area contributed by atoms with Gasteiger partial charge in [0.05, 0.1) is 35.7 Å². The van der Waals surface area contributed by atoms with Crippen LogP contribution in [0.3, 0.4) is 0 Å². The molecule has 5 heterocycles. The highest BCUT2D eigenvalue weighted by molar-refractivity contribution is 6.01. The number of nitriles is 1. The van der Waals surface area contributed by atoms with Crippen LogP contribution in [0.2, 0.25) is 0 Å². The predicted molar refractivity (Wildman–Crippen MR) is 168 cm³/mol. The maximum atomic E-state index is 13.6. The van der Waals surface area contributed by atoms with Gasteiger partial charge in [-0.25, -0.2) is 4.98 Å². The molecule has 236 valence electrons. The van der Waals surface area contributed by atoms with Gasteiger partial charge in [0.15, 0.2) is 0 Å². The van der Waals surface area contributed by atoms with E-state index in [1.807, 2.05) is 18.2 Å². The number of piperidine rings is 1. The van der Waals surface area contributed by atoms with Crippen LogP contribution in [0.5, 0.6) is 5.88 Å². The van der Waals surface area contributed by atoms with Gasteiger partial charge in [0.25, 0.3) is 11.9 Å². The minimum Gasteiger partial charge on any atom is -0.474 e. The minimum absolute atomic E-state index is 0.0182. The van der Waals surface area contributed by atoms with Gasteiger partial charge in [0.1, 0.15) is 24.1 Å². The lowest BCUT2D eigenvalue weighted by atomic mass is 10.0. The highest BCUT2D eigenvalue weighted by Crippen LogP contribution is 2.27. The summed E-state index contributed by atoms with van der Waals surface area (Å²) in [6, 6.07) is 12.0. The Morgan fingerprint density at radius 1 is 1.04 bits per heavy atom. The molecule has 0 unspecified atom stereocenters. The molecular formula is C33H39N7O5. The number of nitrogens with one attached hydrogen (secondary N) is 2. The maximum absolute atomic E-state index is 13.6. The third kappa shape index (κ3) is 7.99. The largest absolute Gasteiger partial charge is 0.474 e. The molecule has 0 spiro atoms. The topological polar surface area (TPSA) is 138 Å². The number of nitrogens with zero attached hydrogens (tertiary/aromatic N) is 5. The van der Waals surface area contributed by atoms with Crippen LogP contribution >= 0.6 is 0 Å². The summed E-state index contributed by atoms with van der Waals surface area (Å²) < 4.78 is 22.8. The Hall–Kier alpha value is -4.44. The number of carbonyl (C=O) groups excluding carboxylic acids is 1. The molecule has 0 bridgehead atoms. The van der Waals surface area contributed by atoms with Crippen molar-refractivity contribution in [2.24, 2.45) is 0 Å². The van der Waals surface area contributed by atoms with Crippen molar-refractivity contribution < 1.29 is 23.4 Å². The molecule has 0 atom stereocenters. The van der Waals surface area contributed by atoms with Gasteiger partial charge in [-0.2, -0.15) is 10.2 Å². The predicted octanol–water partition coefficient (Wildman–Crippen LogP) is 3.81. The second kappa shape index (κ2) is 14.6. The second-order valence-electron chi connectivity index (χ2n) is 11.5. The quantitative estimate of drug-likeness (QED) is 0.345. The van der Waals surface area contributed by atoms with E-state index in [2.05, 4.69) is 38.1 Å². The van der Waals surface area contributed by atoms with E-state index in [1.54, 1.807) is 18.4 Å². The van der Waals surface area contributed by atoms with Gasteiger partial charge in [0, 0.05) is 77.1 Å². The van der Waals surface area contributed by atoms with E-state index in [-0.39, 0.29) is 18.1 Å². The fraction of sp³-hybridized carbons (Fsp3) is 0.455. The van der Waals surface area contributed by atoms with E-state index in [0.29, 0.717) is 66.4 Å². The summed E-state index contributed by atoms with van der Waals surface area (Å²) in [5.74, 6) is 0.395. The summed E-state index contributed by atoms with van der Waals surface area (Å²) in [5, 5.41) is 15.5. The molecule has 2 N–H and O–H groups in total. The molecule has 3 aliphatic heterocycles. The number of ether oxygens (including phenoxy) is 3. The first kappa shape index (κ1) is 30.6. The van der Waals surface area contributed by atoms with Crippen LogP contribution in [0.4, 0.5) is 11.7 Å². The number of hydrogen-bond acceptors (Lipinski definition) is 11. The van der Waals surface area contributed by atoms with E-state index in [9.17, 15) is 4.79 Å². The van der Waals surface area contributed by atoms with E-state index in [1.165, 1.54) is 6.20 Å². The summed E-state index contributed by atoms with van der Waals surface area (Å²) >= 11 is 0. The van der Waals surface area contributed by atoms with Crippen molar-refractivity contribution in [2.45, 2.75) is 44.4 Å². The van der Waals surface area contributed by atoms with Crippen molar-refractivity contribution >= 4 is 23.3 Å². The Bertz CT molecular complexity index is 1500. The number of anilines is 2. The number of hydrogen-bond donors (Lipinski definition) is 2. The number of rotatable bonds is 10. The van der Waals surface area contributed by atoms with Gasteiger partial charge in [-0.1, -0.05) is 12.6 Å². The van der Waals surface area contributed by atoms with Crippen molar-refractivity contribution in [3.63, 3.8) is 0 Å². The molecule has 0 aliphatic carbocycles. The highest BCUT2D eigenvalue weighted by atomic mass is 16.5. The number of pyridine rings is 1. The minimum atomic E-state index is -0.122. The zero-order valence-electron chi connectivity index (χ0n) is 25.4. The molecule has 1 aromatic carbocycles. The zero-order chi connectivity index (χ0) is 31.0. The molecule has 1 amide bonds. The Morgan fingerprint density at radius 3 is 2.56 bits per heavy atom. The SMILES string of the molecule is C=C(Nc1ccc(CN2CCOCC2)cc1C(=O)NC1CCOCC1)c1coc(N2CCC(Oc3ccc(C#N)cn3)CC2)n1. The average Bonchev–Trinajstić information content (AvgIpc) is 3.58. The summed E-state index contributed by atoms with van der Waals surface area (Å²) in [5.41, 5.74) is 3.90. The number of morpholine rings is 1. The van der Waals surface area contributed by atoms with Gasteiger partial charge in [-0.15, -0.1) is 0 Å². The van der Waals surface area contributed by atoms with Gasteiger partial charge in [-0.05, 0) is 36.6 Å². The number of benzene rings is 1. The normalized spacial score (nSPS) is 18.2. The first-order valence-corrected chi connectivity index (χ1v) is 15.6. The van der Waals surface area contributed by atoms with Crippen LogP contribution in [0.25, 0.3) is 5.70 Å². The molecule has 45 heavy (non-hydrogen) atoms. The maximum Gasteiger partial charge on any atom is 0.297 e. The molecule has 0 radical (unpaired) electrons. The first-order chi connectivity index (χ1) is 22.0. The molecule has 3 aromatic rings. The van der Waals surface area contributed by atoms with Crippen molar-refractivity contribution in [2.75, 3.05) is 62.8 Å². The van der Waals surface area contributed by atoms with Crippen molar-refractivity contribution in [1.29, 1.82) is 5.26 Å². The molecule has 2 aromatic heterocycles. The lowest BCUT2D eigenvalue weighted by Gasteiger charge is -2.30. The molecule has 3 saturated heterocycles. The molecule has 12 heteroatoms. The van der Waals surface area contributed by atoms with Crippen molar-refractivity contribution in [1.82, 2.24) is 20.2 Å². The van der Waals surface area contributed by atoms with Crippen LogP contribution in [-0.4, -0.2) is 85.5 Å². The lowest BCUT2D eigenvalue weighted by Crippen LogP contribution is -2.39. The Labute approximate surface area is 263 Å². The Balaban J connectivity index is 1.09. The van der Waals surface area contributed by atoms with Gasteiger partial charge < -0.3 is 34.2 Å². The smallest absolute Gasteiger partial charge is 0.297 e. The van der Waals surface area contributed by atoms with E-state index < -0.39 is 0 Å². The second-order valence-corrected chi connectivity index (χ2v) is 11.5. The fourth-order valence-electron chi connectivity index (χ4n) is 5.74. The Morgan fingerprint density at radius 2 is 1.82 bits per heavy atom. The van der Waals surface area contributed by atoms with Gasteiger partial charge in [-0.3, -0.25) is 9.69 Å². The first-order valence-electron chi connectivity index (χ1n) is 15.6. The standard InChI is InChI=1S/C33H39N7O5/c1-23(30-22-44-33(38-30)40-10-6-27(7-11-40)45-31-5-3-25(19-34)20-35-31)36-29-4-2-24(21-39-12-16-43-17-13-39)18-28(29)32(41)37-26-8-14-42-15-9-26/h2-5,18,20,22,26-27,36H,1,6-17,21H2,(H,37,41). The number of amides is 1. The third-order valence-corrected chi connectivity index (χ3v) is 8.35. The lowest BCUT2D eigenvalue weighted by molar-refractivity contribution is 0.0341. The fourth-order valence-corrected chi connectivity index (χ4v) is 5.74. The van der Waals surface area contributed by atoms with Crippen LogP contribution in [-0.2, 0) is 16.0 Å². The number of carbonyl (C=O) groups is 1. The Kier molecular flexibility index (Phi) is 9.89. The highest BCUT2D eigenvalue weighted by Gasteiger charge is 2.25. The summed E-state index contributed by atoms with van der Waals surface area (Å²) in [6.07, 6.45) is 6.27. The summed E-state index contributed by atoms with van der Waals surface area (Å²) in [7, 11) is 0. The molecule has 3 fully saturated rings. The molecule has 3 aliphatic rings. The molecular weight excluding hydrogens is 574 g/mol. The average molecular weight is 614 g/mol. The van der Waals surface area contributed by atoms with Crippen LogP contribution in [0.15, 0.2) is 53.8 Å². The van der Waals surface area contributed by atoms with E-state index in [4.69, 9.17) is 28.9 Å². The number of oxazole rings is 1. The molecule has 12 nitrogen and oxygen atoms in total. The molecule has 6 rings (SSSR count). The third-order valence-electron chi connectivity index (χ3n) is 8.35. The summed E-state index contributed by atoms with van der Waals surface area (Å²) in [4.78, 5) is 26.9. The van der Waals surface area contributed by atoms with Crippen LogP contribution in [0, 0.1) is 11.3 Å². The van der Waals surface area contributed by atoms with Gasteiger partial charge in [0.2, 0.25) is 5.88 Å². The van der Waals surface area contributed by atoms with E-state index in [0.717, 1.165) is 64.1 Å². The monoisotopic (exact) mass is 613 g/mol. The summed E-state index contributed by atoms with van der Waals surface area (Å²) in [6.45, 7) is 10.9. The van der Waals surface area contributed by atoms with Crippen molar-refractivity contribution in [3.05, 3.63) is 71.8 Å². The van der Waals surface area contributed by atoms with Gasteiger partial charge >= 0.3 is 0 Å².